The molecule has 1 heterocycles. The van der Waals surface area contributed by atoms with Crippen molar-refractivity contribution in [1.29, 1.82) is 0 Å². The molecule has 3 rings (SSSR count). The summed E-state index contributed by atoms with van der Waals surface area (Å²) >= 11 is 0. The minimum absolute atomic E-state index is 0.593. The molecule has 1 aromatic heterocycles. The summed E-state index contributed by atoms with van der Waals surface area (Å²) in [4.78, 5) is 13.1. The molecule has 128 valence electrons. The zero-order valence-electron chi connectivity index (χ0n) is 14.8. The van der Waals surface area contributed by atoms with Crippen molar-refractivity contribution in [2.24, 2.45) is 0 Å². The number of nitrogens with one attached hydrogen (secondary N) is 1. The Labute approximate surface area is 149 Å². The Morgan fingerprint density at radius 3 is 2.28 bits per heavy atom. The Morgan fingerprint density at radius 2 is 1.60 bits per heavy atom. The fraction of sp³-hybridized carbons (Fsp3) is 0.200. The molecule has 0 unspecified atom stereocenters. The highest BCUT2D eigenvalue weighted by Gasteiger charge is 2.06. The molecule has 0 spiro atoms. The molecule has 0 aliphatic heterocycles. The minimum atomic E-state index is 0.593. The SMILES string of the molecule is CN(C)c1ccc(Nc2nccc(N(C)Cc3ccccc3)n2)cc1. The number of hydrogen-bond acceptors (Lipinski definition) is 5. The molecule has 5 nitrogen and oxygen atoms in total. The average Bonchev–Trinajstić information content (AvgIpc) is 2.63. The predicted molar refractivity (Wildman–Crippen MR) is 105 cm³/mol. The van der Waals surface area contributed by atoms with Crippen LogP contribution in [0.4, 0.5) is 23.1 Å². The topological polar surface area (TPSA) is 44.3 Å². The molecule has 0 saturated heterocycles. The van der Waals surface area contributed by atoms with Gasteiger partial charge in [-0.3, -0.25) is 0 Å². The summed E-state index contributed by atoms with van der Waals surface area (Å²) in [6, 6.07) is 20.5. The Bertz CT molecular complexity index is 800. The summed E-state index contributed by atoms with van der Waals surface area (Å²) in [5.74, 6) is 1.47. The van der Waals surface area contributed by atoms with Gasteiger partial charge in [-0.2, -0.15) is 4.98 Å². The van der Waals surface area contributed by atoms with Crippen LogP contribution < -0.4 is 15.1 Å². The van der Waals surface area contributed by atoms with Crippen molar-refractivity contribution in [2.45, 2.75) is 6.54 Å². The van der Waals surface area contributed by atoms with Crippen LogP contribution in [0.5, 0.6) is 0 Å². The lowest BCUT2D eigenvalue weighted by Crippen LogP contribution is -2.18. The largest absolute Gasteiger partial charge is 0.378 e. The van der Waals surface area contributed by atoms with Crippen LogP contribution in [0.3, 0.4) is 0 Å². The van der Waals surface area contributed by atoms with E-state index in [4.69, 9.17) is 0 Å². The van der Waals surface area contributed by atoms with E-state index in [0.717, 1.165) is 23.7 Å². The van der Waals surface area contributed by atoms with Gasteiger partial charge in [0.15, 0.2) is 0 Å². The van der Waals surface area contributed by atoms with Gasteiger partial charge in [0.25, 0.3) is 0 Å². The molecule has 0 atom stereocenters. The molecule has 0 saturated carbocycles. The third kappa shape index (κ3) is 4.47. The third-order valence-corrected chi connectivity index (χ3v) is 3.93. The van der Waals surface area contributed by atoms with Gasteiger partial charge in [-0.1, -0.05) is 30.3 Å². The monoisotopic (exact) mass is 333 g/mol. The van der Waals surface area contributed by atoms with Crippen LogP contribution in [0.1, 0.15) is 5.56 Å². The van der Waals surface area contributed by atoms with Gasteiger partial charge in [-0.05, 0) is 35.9 Å². The van der Waals surface area contributed by atoms with Gasteiger partial charge in [0.1, 0.15) is 5.82 Å². The lowest BCUT2D eigenvalue weighted by atomic mass is 10.2. The number of nitrogens with zero attached hydrogens (tertiary/aromatic N) is 4. The van der Waals surface area contributed by atoms with Gasteiger partial charge >= 0.3 is 0 Å². The molecule has 3 aromatic rings. The quantitative estimate of drug-likeness (QED) is 0.740. The van der Waals surface area contributed by atoms with Crippen molar-refractivity contribution in [2.75, 3.05) is 36.3 Å². The second-order valence-electron chi connectivity index (χ2n) is 6.15. The zero-order chi connectivity index (χ0) is 17.6. The van der Waals surface area contributed by atoms with Crippen LogP contribution in [0.2, 0.25) is 0 Å². The number of rotatable bonds is 6. The molecule has 0 amide bonds. The average molecular weight is 333 g/mol. The lowest BCUT2D eigenvalue weighted by molar-refractivity contribution is 0.893. The van der Waals surface area contributed by atoms with Gasteiger partial charge in [-0.25, -0.2) is 4.98 Å². The van der Waals surface area contributed by atoms with Gasteiger partial charge in [0.2, 0.25) is 5.95 Å². The standard InChI is InChI=1S/C20H23N5/c1-24(2)18-11-9-17(10-12-18)22-20-21-14-13-19(23-20)25(3)15-16-7-5-4-6-8-16/h4-14H,15H2,1-3H3,(H,21,22,23). The highest BCUT2D eigenvalue weighted by atomic mass is 15.2. The second kappa shape index (κ2) is 7.66. The Kier molecular flexibility index (Phi) is 5.14. The molecule has 5 heteroatoms. The maximum absolute atomic E-state index is 4.61. The molecular weight excluding hydrogens is 310 g/mol. The Balaban J connectivity index is 1.70. The minimum Gasteiger partial charge on any atom is -0.378 e. The van der Waals surface area contributed by atoms with E-state index in [2.05, 4.69) is 49.4 Å². The van der Waals surface area contributed by atoms with E-state index in [1.165, 1.54) is 5.56 Å². The first-order valence-corrected chi connectivity index (χ1v) is 8.24. The van der Waals surface area contributed by atoms with E-state index in [0.29, 0.717) is 5.95 Å². The van der Waals surface area contributed by atoms with Crippen molar-refractivity contribution in [3.8, 4) is 0 Å². The summed E-state index contributed by atoms with van der Waals surface area (Å²) in [5.41, 5.74) is 3.37. The zero-order valence-corrected chi connectivity index (χ0v) is 14.8. The third-order valence-electron chi connectivity index (χ3n) is 3.93. The molecule has 1 N–H and O–H groups in total. The lowest BCUT2D eigenvalue weighted by Gasteiger charge is -2.19. The molecule has 0 aliphatic carbocycles. The van der Waals surface area contributed by atoms with Gasteiger partial charge in [-0.15, -0.1) is 0 Å². The summed E-state index contributed by atoms with van der Waals surface area (Å²) in [6.45, 7) is 0.800. The molecule has 0 aliphatic rings. The summed E-state index contributed by atoms with van der Waals surface area (Å²) in [5, 5.41) is 3.26. The molecule has 2 aromatic carbocycles. The number of aromatic nitrogens is 2. The van der Waals surface area contributed by atoms with Crippen LogP contribution in [-0.2, 0) is 6.54 Å². The molecule has 0 fully saturated rings. The Hall–Kier alpha value is -3.08. The van der Waals surface area contributed by atoms with E-state index < -0.39 is 0 Å². The first-order valence-electron chi connectivity index (χ1n) is 8.24. The van der Waals surface area contributed by atoms with Gasteiger partial charge in [0, 0.05) is 45.3 Å². The van der Waals surface area contributed by atoms with E-state index in [9.17, 15) is 0 Å². The second-order valence-corrected chi connectivity index (χ2v) is 6.15. The number of benzene rings is 2. The van der Waals surface area contributed by atoms with E-state index in [1.807, 2.05) is 57.5 Å². The maximum Gasteiger partial charge on any atom is 0.229 e. The van der Waals surface area contributed by atoms with Crippen molar-refractivity contribution in [3.05, 3.63) is 72.4 Å². The predicted octanol–water partition coefficient (Wildman–Crippen LogP) is 3.92. The summed E-state index contributed by atoms with van der Waals surface area (Å²) < 4.78 is 0. The van der Waals surface area contributed by atoms with E-state index in [-0.39, 0.29) is 0 Å². The number of anilines is 4. The van der Waals surface area contributed by atoms with Crippen LogP contribution in [-0.4, -0.2) is 31.1 Å². The van der Waals surface area contributed by atoms with Crippen molar-refractivity contribution in [1.82, 2.24) is 9.97 Å². The van der Waals surface area contributed by atoms with Crippen LogP contribution in [0.15, 0.2) is 66.9 Å². The summed E-state index contributed by atoms with van der Waals surface area (Å²) in [6.07, 6.45) is 1.78. The van der Waals surface area contributed by atoms with Crippen molar-refractivity contribution >= 4 is 23.1 Å². The van der Waals surface area contributed by atoms with Crippen molar-refractivity contribution in [3.63, 3.8) is 0 Å². The fourth-order valence-electron chi connectivity index (χ4n) is 2.53. The van der Waals surface area contributed by atoms with Crippen LogP contribution in [0, 0.1) is 0 Å². The van der Waals surface area contributed by atoms with Gasteiger partial charge in [0.05, 0.1) is 0 Å². The Morgan fingerprint density at radius 1 is 0.880 bits per heavy atom. The number of hydrogen-bond donors (Lipinski definition) is 1. The van der Waals surface area contributed by atoms with E-state index in [1.54, 1.807) is 6.20 Å². The normalized spacial score (nSPS) is 10.4. The van der Waals surface area contributed by atoms with Crippen LogP contribution >= 0.6 is 0 Å². The highest BCUT2D eigenvalue weighted by Crippen LogP contribution is 2.20. The first-order chi connectivity index (χ1) is 12.1. The van der Waals surface area contributed by atoms with Crippen LogP contribution in [0.25, 0.3) is 0 Å². The van der Waals surface area contributed by atoms with E-state index >= 15 is 0 Å². The fourth-order valence-corrected chi connectivity index (χ4v) is 2.53. The van der Waals surface area contributed by atoms with Crippen molar-refractivity contribution < 1.29 is 0 Å². The highest BCUT2D eigenvalue weighted by molar-refractivity contribution is 5.59. The summed E-state index contributed by atoms with van der Waals surface area (Å²) in [7, 11) is 6.08. The molecular formula is C20H23N5. The molecule has 25 heavy (non-hydrogen) atoms. The maximum atomic E-state index is 4.61. The molecule has 0 bridgehead atoms. The van der Waals surface area contributed by atoms with Gasteiger partial charge < -0.3 is 15.1 Å². The smallest absolute Gasteiger partial charge is 0.229 e. The first kappa shape index (κ1) is 16.8. The molecule has 0 radical (unpaired) electrons.